The van der Waals surface area contributed by atoms with Crippen molar-refractivity contribution < 1.29 is 0 Å². The van der Waals surface area contributed by atoms with Gasteiger partial charge in [-0.25, -0.2) is 4.98 Å². The fraction of sp³-hybridized carbons (Fsp3) is 0.316. The van der Waals surface area contributed by atoms with Crippen LogP contribution >= 0.6 is 11.3 Å². The van der Waals surface area contributed by atoms with Crippen molar-refractivity contribution in [3.8, 4) is 0 Å². The normalized spacial score (nSPS) is 18.6. The Kier molecular flexibility index (Phi) is 4.02. The molecule has 0 saturated carbocycles. The zero-order valence-corrected chi connectivity index (χ0v) is 14.1. The molecule has 0 spiro atoms. The molecule has 23 heavy (non-hydrogen) atoms. The molecule has 0 saturated heterocycles. The summed E-state index contributed by atoms with van der Waals surface area (Å²) in [6, 6.07) is 11.7. The lowest BCUT2D eigenvalue weighted by molar-refractivity contribution is 0.423. The van der Waals surface area contributed by atoms with Gasteiger partial charge in [0.2, 0.25) is 0 Å². The van der Waals surface area contributed by atoms with Crippen LogP contribution in [0.2, 0.25) is 0 Å². The summed E-state index contributed by atoms with van der Waals surface area (Å²) in [7, 11) is 0. The third-order valence-corrected chi connectivity index (χ3v) is 5.54. The van der Waals surface area contributed by atoms with Crippen LogP contribution in [0.3, 0.4) is 0 Å². The molecular weight excluding hydrogens is 302 g/mol. The smallest absolute Gasteiger partial charge is 0.128 e. The van der Waals surface area contributed by atoms with Crippen LogP contribution in [0.25, 0.3) is 0 Å². The molecule has 2 N–H and O–H groups in total. The molecule has 4 heteroatoms. The largest absolute Gasteiger partial charge is 0.347 e. The van der Waals surface area contributed by atoms with Crippen molar-refractivity contribution in [3.05, 3.63) is 75.5 Å². The number of rotatable bonds is 4. The highest BCUT2D eigenvalue weighted by Gasteiger charge is 2.26. The van der Waals surface area contributed by atoms with Crippen LogP contribution in [0, 0.1) is 6.92 Å². The molecule has 1 aliphatic rings. The van der Waals surface area contributed by atoms with Gasteiger partial charge in [-0.3, -0.25) is 5.32 Å². The molecule has 3 nitrogen and oxygen atoms in total. The minimum atomic E-state index is 0.126. The number of nitrogens with one attached hydrogen (secondary N) is 2. The molecule has 2 atom stereocenters. The van der Waals surface area contributed by atoms with Crippen molar-refractivity contribution in [2.45, 2.75) is 38.3 Å². The first-order chi connectivity index (χ1) is 11.3. The highest BCUT2D eigenvalue weighted by Crippen LogP contribution is 2.34. The Hall–Kier alpha value is -1.91. The lowest BCUT2D eigenvalue weighted by atomic mass is 9.86. The van der Waals surface area contributed by atoms with Gasteiger partial charge in [-0.2, -0.15) is 0 Å². The van der Waals surface area contributed by atoms with E-state index in [2.05, 4.69) is 57.9 Å². The van der Waals surface area contributed by atoms with Crippen molar-refractivity contribution in [2.75, 3.05) is 0 Å². The lowest BCUT2D eigenvalue weighted by Gasteiger charge is -2.30. The van der Waals surface area contributed by atoms with Crippen molar-refractivity contribution in [1.29, 1.82) is 0 Å². The van der Waals surface area contributed by atoms with Crippen LogP contribution in [-0.2, 0) is 6.42 Å². The number of hydrogen-bond acceptors (Lipinski definition) is 3. The number of aromatic nitrogens is 2. The Morgan fingerprint density at radius 3 is 3.09 bits per heavy atom. The SMILES string of the molecule is Cc1ccc2c(c1)[C@@H](N[C@@H](c1ncc[nH]1)c1cccs1)CCC2. The van der Waals surface area contributed by atoms with Gasteiger partial charge in [0.1, 0.15) is 11.9 Å². The van der Waals surface area contributed by atoms with Gasteiger partial charge in [-0.15, -0.1) is 11.3 Å². The van der Waals surface area contributed by atoms with Gasteiger partial charge in [0.05, 0.1) is 0 Å². The maximum Gasteiger partial charge on any atom is 0.128 e. The molecule has 3 aromatic rings. The number of hydrogen-bond donors (Lipinski definition) is 2. The number of aryl methyl sites for hydroxylation is 2. The molecule has 0 unspecified atom stereocenters. The molecule has 0 amide bonds. The Labute approximate surface area is 140 Å². The maximum absolute atomic E-state index is 4.50. The number of thiophene rings is 1. The lowest BCUT2D eigenvalue weighted by Crippen LogP contribution is -2.30. The zero-order valence-electron chi connectivity index (χ0n) is 13.3. The number of benzene rings is 1. The van der Waals surface area contributed by atoms with Gasteiger partial charge in [0.15, 0.2) is 0 Å². The van der Waals surface area contributed by atoms with E-state index in [4.69, 9.17) is 0 Å². The molecule has 1 aromatic carbocycles. The van der Waals surface area contributed by atoms with Gasteiger partial charge in [0, 0.05) is 23.3 Å². The standard InChI is InChI=1S/C19H21N3S/c1-13-7-8-14-4-2-5-16(15(14)12-13)22-18(17-6-3-11-23-17)19-20-9-10-21-19/h3,6-12,16,18,22H,2,4-5H2,1H3,(H,20,21)/t16-,18+/m0/s1. The van der Waals surface area contributed by atoms with Gasteiger partial charge in [-0.1, -0.05) is 29.8 Å². The van der Waals surface area contributed by atoms with Crippen molar-refractivity contribution in [1.82, 2.24) is 15.3 Å². The molecule has 0 aliphatic heterocycles. The van der Waals surface area contributed by atoms with Gasteiger partial charge in [-0.05, 0) is 48.8 Å². The molecule has 1 aliphatic carbocycles. The van der Waals surface area contributed by atoms with Gasteiger partial charge >= 0.3 is 0 Å². The monoisotopic (exact) mass is 323 g/mol. The number of imidazole rings is 1. The molecule has 0 fully saturated rings. The topological polar surface area (TPSA) is 40.7 Å². The van der Waals surface area contributed by atoms with E-state index in [0.717, 1.165) is 5.82 Å². The summed E-state index contributed by atoms with van der Waals surface area (Å²) in [5.74, 6) is 0.993. The third-order valence-electron chi connectivity index (χ3n) is 4.60. The van der Waals surface area contributed by atoms with E-state index in [1.807, 2.05) is 12.4 Å². The highest BCUT2D eigenvalue weighted by atomic mass is 32.1. The average Bonchev–Trinajstić information content (AvgIpc) is 3.26. The Morgan fingerprint density at radius 1 is 1.35 bits per heavy atom. The van der Waals surface area contributed by atoms with E-state index in [1.165, 1.54) is 40.8 Å². The number of aromatic amines is 1. The van der Waals surface area contributed by atoms with Crippen LogP contribution in [0.4, 0.5) is 0 Å². The zero-order chi connectivity index (χ0) is 15.6. The second-order valence-corrected chi connectivity index (χ2v) is 7.22. The van der Waals surface area contributed by atoms with Crippen LogP contribution < -0.4 is 5.32 Å². The number of fused-ring (bicyclic) bond motifs is 1. The maximum atomic E-state index is 4.50. The highest BCUT2D eigenvalue weighted by molar-refractivity contribution is 7.10. The minimum Gasteiger partial charge on any atom is -0.347 e. The predicted molar refractivity (Wildman–Crippen MR) is 94.7 cm³/mol. The summed E-state index contributed by atoms with van der Waals surface area (Å²) in [4.78, 5) is 9.09. The first-order valence-corrected chi connectivity index (χ1v) is 9.07. The third kappa shape index (κ3) is 2.96. The first-order valence-electron chi connectivity index (χ1n) is 8.19. The van der Waals surface area contributed by atoms with E-state index >= 15 is 0 Å². The fourth-order valence-corrected chi connectivity index (χ4v) is 4.27. The Morgan fingerprint density at radius 2 is 2.30 bits per heavy atom. The first kappa shape index (κ1) is 14.7. The molecule has 4 rings (SSSR count). The van der Waals surface area contributed by atoms with Gasteiger partial charge in [0.25, 0.3) is 0 Å². The van der Waals surface area contributed by atoms with Crippen molar-refractivity contribution in [2.24, 2.45) is 0 Å². The predicted octanol–water partition coefficient (Wildman–Crippen LogP) is 4.54. The molecular formula is C19H21N3S. The second-order valence-electron chi connectivity index (χ2n) is 6.24. The van der Waals surface area contributed by atoms with E-state index in [9.17, 15) is 0 Å². The van der Waals surface area contributed by atoms with Crippen molar-refractivity contribution in [3.63, 3.8) is 0 Å². The molecule has 2 aromatic heterocycles. The summed E-state index contributed by atoms with van der Waals surface area (Å²) >= 11 is 1.78. The molecule has 118 valence electrons. The molecule has 0 bridgehead atoms. The van der Waals surface area contributed by atoms with E-state index in [1.54, 1.807) is 11.3 Å². The molecule has 2 heterocycles. The summed E-state index contributed by atoms with van der Waals surface area (Å²) in [6.07, 6.45) is 7.34. The van der Waals surface area contributed by atoms with Gasteiger partial charge < -0.3 is 4.98 Å². The summed E-state index contributed by atoms with van der Waals surface area (Å²) in [6.45, 7) is 2.18. The average molecular weight is 323 g/mol. The van der Waals surface area contributed by atoms with Crippen LogP contribution in [0.15, 0.2) is 48.1 Å². The quantitative estimate of drug-likeness (QED) is 0.740. The van der Waals surface area contributed by atoms with E-state index in [0.29, 0.717) is 6.04 Å². The minimum absolute atomic E-state index is 0.126. The number of nitrogens with zero attached hydrogens (tertiary/aromatic N) is 1. The van der Waals surface area contributed by atoms with Crippen LogP contribution in [0.1, 0.15) is 52.3 Å². The fourth-order valence-electron chi connectivity index (χ4n) is 3.48. The summed E-state index contributed by atoms with van der Waals surface area (Å²) < 4.78 is 0. The summed E-state index contributed by atoms with van der Waals surface area (Å²) in [5.41, 5.74) is 4.29. The Bertz CT molecular complexity index is 728. The van der Waals surface area contributed by atoms with Crippen LogP contribution in [-0.4, -0.2) is 9.97 Å². The molecule has 0 radical (unpaired) electrons. The van der Waals surface area contributed by atoms with E-state index < -0.39 is 0 Å². The second kappa shape index (κ2) is 6.30. The van der Waals surface area contributed by atoms with Crippen LogP contribution in [0.5, 0.6) is 0 Å². The summed E-state index contributed by atoms with van der Waals surface area (Å²) in [5, 5.41) is 5.99. The number of H-pyrrole nitrogens is 1. The van der Waals surface area contributed by atoms with Crippen molar-refractivity contribution >= 4 is 11.3 Å². The van der Waals surface area contributed by atoms with E-state index in [-0.39, 0.29) is 6.04 Å². The Balaban J connectivity index is 1.67.